The standard InChI is InChI=1S/C10H12ClFN2O2S/c11-9-2-1-7(12)5-10(9)17(15,16)14-8-3-4-13-6-8/h1-2,5,8,13-14H,3-4,6H2/t8-/m0/s1. The van der Waals surface area contributed by atoms with E-state index < -0.39 is 15.8 Å². The summed E-state index contributed by atoms with van der Waals surface area (Å²) in [5.41, 5.74) is 0. The first-order valence-corrected chi connectivity index (χ1v) is 7.03. The summed E-state index contributed by atoms with van der Waals surface area (Å²) in [7, 11) is -3.76. The van der Waals surface area contributed by atoms with Crippen LogP contribution in [0.5, 0.6) is 0 Å². The number of sulfonamides is 1. The zero-order valence-corrected chi connectivity index (χ0v) is 10.5. The van der Waals surface area contributed by atoms with E-state index in [1.54, 1.807) is 0 Å². The van der Waals surface area contributed by atoms with Crippen LogP contribution in [0.3, 0.4) is 0 Å². The summed E-state index contributed by atoms with van der Waals surface area (Å²) >= 11 is 5.76. The maximum absolute atomic E-state index is 13.0. The van der Waals surface area contributed by atoms with Crippen molar-refractivity contribution in [2.75, 3.05) is 13.1 Å². The average molecular weight is 279 g/mol. The maximum Gasteiger partial charge on any atom is 0.242 e. The highest BCUT2D eigenvalue weighted by Crippen LogP contribution is 2.22. The van der Waals surface area contributed by atoms with Crippen LogP contribution in [0.15, 0.2) is 23.1 Å². The van der Waals surface area contributed by atoms with Crippen molar-refractivity contribution in [2.24, 2.45) is 0 Å². The van der Waals surface area contributed by atoms with Gasteiger partial charge in [-0.25, -0.2) is 17.5 Å². The zero-order chi connectivity index (χ0) is 12.5. The summed E-state index contributed by atoms with van der Waals surface area (Å²) in [6.07, 6.45) is 0.714. The summed E-state index contributed by atoms with van der Waals surface area (Å²) in [6.45, 7) is 1.34. The largest absolute Gasteiger partial charge is 0.315 e. The van der Waals surface area contributed by atoms with Gasteiger partial charge in [0.2, 0.25) is 10.0 Å². The lowest BCUT2D eigenvalue weighted by Crippen LogP contribution is -2.36. The fraction of sp³-hybridized carbons (Fsp3) is 0.400. The lowest BCUT2D eigenvalue weighted by Gasteiger charge is -2.12. The molecule has 1 aliphatic rings. The Morgan fingerprint density at radius 3 is 2.88 bits per heavy atom. The summed E-state index contributed by atoms with van der Waals surface area (Å²) in [5, 5.41) is 3.06. The van der Waals surface area contributed by atoms with Crippen LogP contribution in [0.1, 0.15) is 6.42 Å². The molecule has 4 nitrogen and oxygen atoms in total. The Bertz CT molecular complexity index is 515. The molecule has 17 heavy (non-hydrogen) atoms. The van der Waals surface area contributed by atoms with Crippen molar-refractivity contribution in [1.29, 1.82) is 0 Å². The molecule has 0 aliphatic carbocycles. The van der Waals surface area contributed by atoms with Gasteiger partial charge in [0.05, 0.1) is 5.02 Å². The Hall–Kier alpha value is -0.690. The van der Waals surface area contributed by atoms with Gasteiger partial charge in [0, 0.05) is 12.6 Å². The van der Waals surface area contributed by atoms with Crippen molar-refractivity contribution in [3.8, 4) is 0 Å². The van der Waals surface area contributed by atoms with Gasteiger partial charge in [-0.05, 0) is 31.2 Å². The minimum Gasteiger partial charge on any atom is -0.315 e. The maximum atomic E-state index is 13.0. The zero-order valence-electron chi connectivity index (χ0n) is 8.91. The highest BCUT2D eigenvalue weighted by Gasteiger charge is 2.24. The van der Waals surface area contributed by atoms with Crippen LogP contribution in [-0.4, -0.2) is 27.5 Å². The van der Waals surface area contributed by atoms with Gasteiger partial charge in [0.25, 0.3) is 0 Å². The van der Waals surface area contributed by atoms with E-state index in [0.29, 0.717) is 13.0 Å². The third-order valence-corrected chi connectivity index (χ3v) is 4.57. The van der Waals surface area contributed by atoms with E-state index in [1.165, 1.54) is 6.07 Å². The second kappa shape index (κ2) is 4.89. The van der Waals surface area contributed by atoms with Crippen molar-refractivity contribution < 1.29 is 12.8 Å². The lowest BCUT2D eigenvalue weighted by molar-refractivity contribution is 0.557. The Morgan fingerprint density at radius 2 is 2.24 bits per heavy atom. The van der Waals surface area contributed by atoms with Crippen molar-refractivity contribution in [3.63, 3.8) is 0 Å². The lowest BCUT2D eigenvalue weighted by atomic mass is 10.3. The van der Waals surface area contributed by atoms with Gasteiger partial charge in [0.15, 0.2) is 0 Å². The van der Waals surface area contributed by atoms with Crippen molar-refractivity contribution >= 4 is 21.6 Å². The van der Waals surface area contributed by atoms with Gasteiger partial charge in [-0.2, -0.15) is 0 Å². The smallest absolute Gasteiger partial charge is 0.242 e. The molecule has 0 amide bonds. The van der Waals surface area contributed by atoms with E-state index in [9.17, 15) is 12.8 Å². The van der Waals surface area contributed by atoms with Gasteiger partial charge in [-0.1, -0.05) is 11.6 Å². The second-order valence-electron chi connectivity index (χ2n) is 3.89. The molecule has 7 heteroatoms. The second-order valence-corrected chi connectivity index (χ2v) is 5.98. The van der Waals surface area contributed by atoms with Crippen molar-refractivity contribution in [1.82, 2.24) is 10.0 Å². The monoisotopic (exact) mass is 278 g/mol. The molecule has 0 saturated carbocycles. The third kappa shape index (κ3) is 2.95. The molecule has 0 spiro atoms. The fourth-order valence-corrected chi connectivity index (χ4v) is 3.50. The van der Waals surface area contributed by atoms with Crippen LogP contribution in [0.4, 0.5) is 4.39 Å². The molecule has 1 aliphatic heterocycles. The Labute approximate surface area is 104 Å². The quantitative estimate of drug-likeness (QED) is 0.871. The fourth-order valence-electron chi connectivity index (χ4n) is 1.72. The summed E-state index contributed by atoms with van der Waals surface area (Å²) in [4.78, 5) is -0.217. The number of nitrogens with one attached hydrogen (secondary N) is 2. The topological polar surface area (TPSA) is 58.2 Å². The summed E-state index contributed by atoms with van der Waals surface area (Å²) < 4.78 is 39.5. The van der Waals surface area contributed by atoms with Crippen LogP contribution in [0.25, 0.3) is 0 Å². The van der Waals surface area contributed by atoms with E-state index in [-0.39, 0.29) is 16.0 Å². The molecule has 2 rings (SSSR count). The SMILES string of the molecule is O=S(=O)(N[C@H]1CCNC1)c1cc(F)ccc1Cl. The highest BCUT2D eigenvalue weighted by molar-refractivity contribution is 7.89. The number of hydrogen-bond acceptors (Lipinski definition) is 3. The molecule has 0 bridgehead atoms. The van der Waals surface area contributed by atoms with Crippen molar-refractivity contribution in [3.05, 3.63) is 29.0 Å². The molecule has 1 atom stereocenters. The Morgan fingerprint density at radius 1 is 1.47 bits per heavy atom. The molecule has 2 N–H and O–H groups in total. The highest BCUT2D eigenvalue weighted by atomic mass is 35.5. The van der Waals surface area contributed by atoms with Gasteiger partial charge in [-0.15, -0.1) is 0 Å². The van der Waals surface area contributed by atoms with Crippen LogP contribution >= 0.6 is 11.6 Å². The molecule has 1 saturated heterocycles. The predicted octanol–water partition coefficient (Wildman–Crippen LogP) is 1.12. The van der Waals surface area contributed by atoms with Gasteiger partial charge >= 0.3 is 0 Å². The summed E-state index contributed by atoms with van der Waals surface area (Å²) in [5.74, 6) is -0.626. The molecule has 0 aromatic heterocycles. The molecular weight excluding hydrogens is 267 g/mol. The molecular formula is C10H12ClFN2O2S. The van der Waals surface area contributed by atoms with E-state index in [1.807, 2.05) is 0 Å². The number of rotatable bonds is 3. The molecule has 94 valence electrons. The molecule has 1 aromatic rings. The normalized spacial score (nSPS) is 20.7. The van der Waals surface area contributed by atoms with E-state index in [4.69, 9.17) is 11.6 Å². The molecule has 1 aromatic carbocycles. The van der Waals surface area contributed by atoms with Crippen LogP contribution in [0.2, 0.25) is 5.02 Å². The van der Waals surface area contributed by atoms with Crippen LogP contribution in [0, 0.1) is 5.82 Å². The third-order valence-electron chi connectivity index (χ3n) is 2.56. The van der Waals surface area contributed by atoms with E-state index in [2.05, 4.69) is 10.0 Å². The first-order chi connectivity index (χ1) is 7.99. The van der Waals surface area contributed by atoms with Crippen molar-refractivity contribution in [2.45, 2.75) is 17.4 Å². The van der Waals surface area contributed by atoms with E-state index in [0.717, 1.165) is 18.7 Å². The predicted molar refractivity (Wildman–Crippen MR) is 63.0 cm³/mol. The minimum atomic E-state index is -3.76. The molecule has 0 unspecified atom stereocenters. The molecule has 0 radical (unpaired) electrons. The Kier molecular flexibility index (Phi) is 3.67. The first kappa shape index (κ1) is 12.8. The van der Waals surface area contributed by atoms with Gasteiger partial charge in [0.1, 0.15) is 10.7 Å². The number of halogens is 2. The number of benzene rings is 1. The van der Waals surface area contributed by atoms with Gasteiger partial charge < -0.3 is 5.32 Å². The van der Waals surface area contributed by atoms with Gasteiger partial charge in [-0.3, -0.25) is 0 Å². The molecule has 1 heterocycles. The first-order valence-electron chi connectivity index (χ1n) is 5.17. The minimum absolute atomic E-state index is 0.0184. The van der Waals surface area contributed by atoms with Crippen LogP contribution in [-0.2, 0) is 10.0 Å². The summed E-state index contributed by atoms with van der Waals surface area (Å²) in [6, 6.07) is 3.11. The van der Waals surface area contributed by atoms with E-state index >= 15 is 0 Å². The Balaban J connectivity index is 2.27. The number of hydrogen-bond donors (Lipinski definition) is 2. The van der Waals surface area contributed by atoms with Crippen LogP contribution < -0.4 is 10.0 Å². The molecule has 1 fully saturated rings. The average Bonchev–Trinajstić information content (AvgIpc) is 2.73.